The molecule has 0 amide bonds. The van der Waals surface area contributed by atoms with E-state index in [1.165, 1.54) is 16.7 Å². The van der Waals surface area contributed by atoms with Crippen molar-refractivity contribution in [2.75, 3.05) is 0 Å². The predicted molar refractivity (Wildman–Crippen MR) is 120 cm³/mol. The second-order valence-electron chi connectivity index (χ2n) is 6.81. The minimum absolute atomic E-state index is 0.157. The Kier molecular flexibility index (Phi) is 4.75. The first-order chi connectivity index (χ1) is 15.1. The van der Waals surface area contributed by atoms with Gasteiger partial charge in [0, 0.05) is 22.9 Å². The van der Waals surface area contributed by atoms with Gasteiger partial charge in [-0.2, -0.15) is 5.26 Å². The lowest BCUT2D eigenvalue weighted by Gasteiger charge is -2.24. The first-order valence-electron chi connectivity index (χ1n) is 9.26. The maximum Gasteiger partial charge on any atom is 0.263 e. The number of nitrogens with zero attached hydrogens (tertiary/aromatic N) is 4. The molecular formula is C23H12FIN4O2. The maximum absolute atomic E-state index is 14.3. The zero-order valence-electron chi connectivity index (χ0n) is 15.8. The lowest BCUT2D eigenvalue weighted by molar-refractivity contribution is 0.292. The number of pyridine rings is 3. The average molecular weight is 522 g/mol. The van der Waals surface area contributed by atoms with E-state index in [-0.39, 0.29) is 23.3 Å². The molecule has 5 rings (SSSR count). The Bertz CT molecular complexity index is 1440. The normalized spacial score (nSPS) is 11.8. The average Bonchev–Trinajstić information content (AvgIpc) is 2.79. The van der Waals surface area contributed by atoms with Crippen molar-refractivity contribution in [3.8, 4) is 39.9 Å². The van der Waals surface area contributed by atoms with Crippen LogP contribution in [0.3, 0.4) is 0 Å². The number of hydrogen-bond acceptors (Lipinski definition) is 5. The quantitative estimate of drug-likeness (QED) is 0.287. The third-order valence-corrected chi connectivity index (χ3v) is 5.72. The first-order valence-corrected chi connectivity index (χ1v) is 10.3. The van der Waals surface area contributed by atoms with Gasteiger partial charge in [-0.25, -0.2) is 9.37 Å². The van der Waals surface area contributed by atoms with Gasteiger partial charge in [0.1, 0.15) is 33.6 Å². The van der Waals surface area contributed by atoms with E-state index >= 15 is 0 Å². The van der Waals surface area contributed by atoms with Crippen molar-refractivity contribution >= 4 is 22.6 Å². The van der Waals surface area contributed by atoms with Gasteiger partial charge in [0.2, 0.25) is 0 Å². The van der Waals surface area contributed by atoms with Crippen LogP contribution in [0.5, 0.6) is 5.75 Å². The topological polar surface area (TPSA) is 80.8 Å². The molecule has 0 radical (unpaired) electrons. The summed E-state index contributed by atoms with van der Waals surface area (Å²) in [6.45, 7) is 0.157. The minimum atomic E-state index is -0.679. The van der Waals surface area contributed by atoms with Crippen molar-refractivity contribution in [3.05, 3.63) is 92.1 Å². The van der Waals surface area contributed by atoms with Gasteiger partial charge >= 0.3 is 0 Å². The lowest BCUT2D eigenvalue weighted by Crippen LogP contribution is -2.27. The number of halogens is 2. The summed E-state index contributed by atoms with van der Waals surface area (Å²) in [5.74, 6) is -0.0897. The third kappa shape index (κ3) is 3.18. The number of ether oxygens (including phenoxy) is 1. The zero-order chi connectivity index (χ0) is 21.5. The molecule has 31 heavy (non-hydrogen) atoms. The van der Waals surface area contributed by atoms with Crippen molar-refractivity contribution in [1.82, 2.24) is 14.5 Å². The molecule has 0 aliphatic carbocycles. The van der Waals surface area contributed by atoms with E-state index in [0.717, 1.165) is 3.70 Å². The van der Waals surface area contributed by atoms with Gasteiger partial charge in [-0.15, -0.1) is 0 Å². The number of benzene rings is 1. The van der Waals surface area contributed by atoms with Gasteiger partial charge in [-0.3, -0.25) is 14.3 Å². The first kappa shape index (κ1) is 19.4. The molecule has 1 aliphatic heterocycles. The monoisotopic (exact) mass is 522 g/mol. The summed E-state index contributed by atoms with van der Waals surface area (Å²) >= 11 is 2.09. The molecule has 0 atom stereocenters. The van der Waals surface area contributed by atoms with Crippen LogP contribution in [0.2, 0.25) is 0 Å². The molecule has 6 nitrogen and oxygen atoms in total. The molecule has 8 heteroatoms. The minimum Gasteiger partial charge on any atom is -0.485 e. The molecule has 0 unspecified atom stereocenters. The summed E-state index contributed by atoms with van der Waals surface area (Å²) in [6.07, 6.45) is 3.24. The van der Waals surface area contributed by atoms with Crippen LogP contribution in [0.1, 0.15) is 11.3 Å². The highest BCUT2D eigenvalue weighted by Crippen LogP contribution is 2.38. The molecule has 150 valence electrons. The van der Waals surface area contributed by atoms with Gasteiger partial charge in [0.15, 0.2) is 0 Å². The summed E-state index contributed by atoms with van der Waals surface area (Å²) in [5, 5.41) is 9.52. The Hall–Kier alpha value is -3.58. The Morgan fingerprint density at radius 3 is 2.74 bits per heavy atom. The molecular weight excluding hydrogens is 510 g/mol. The number of nitriles is 1. The molecule has 0 spiro atoms. The van der Waals surface area contributed by atoms with E-state index in [1.807, 2.05) is 6.07 Å². The van der Waals surface area contributed by atoms with Crippen LogP contribution in [-0.4, -0.2) is 14.5 Å². The smallest absolute Gasteiger partial charge is 0.263 e. The van der Waals surface area contributed by atoms with Crippen LogP contribution in [0.4, 0.5) is 4.39 Å². The predicted octanol–water partition coefficient (Wildman–Crippen LogP) is 4.47. The molecule has 1 aromatic carbocycles. The van der Waals surface area contributed by atoms with Crippen molar-refractivity contribution in [1.29, 1.82) is 5.26 Å². The number of fused-ring (bicyclic) bond motifs is 3. The molecule has 4 aromatic rings. The van der Waals surface area contributed by atoms with E-state index in [1.54, 1.807) is 48.8 Å². The summed E-state index contributed by atoms with van der Waals surface area (Å²) in [4.78, 5) is 22.4. The number of aromatic nitrogens is 3. The van der Waals surface area contributed by atoms with Crippen LogP contribution in [0.15, 0.2) is 65.7 Å². The summed E-state index contributed by atoms with van der Waals surface area (Å²) in [5.41, 5.74) is 2.26. The highest BCUT2D eigenvalue weighted by molar-refractivity contribution is 14.1. The van der Waals surface area contributed by atoms with Crippen molar-refractivity contribution < 1.29 is 9.13 Å². The molecule has 0 saturated carbocycles. The Labute approximate surface area is 189 Å². The van der Waals surface area contributed by atoms with Crippen LogP contribution in [0, 0.1) is 20.8 Å². The van der Waals surface area contributed by atoms with E-state index in [4.69, 9.17) is 4.74 Å². The molecule has 4 heterocycles. The lowest BCUT2D eigenvalue weighted by atomic mass is 9.96. The van der Waals surface area contributed by atoms with Crippen LogP contribution >= 0.6 is 22.6 Å². The SMILES string of the molecule is N#Cc1c(F)cccc1-c1cc2c(n(-c3ccc(I)nc3)c1=O)COc1cccnc1-2. The molecule has 1 aliphatic rings. The van der Waals surface area contributed by atoms with Crippen molar-refractivity contribution in [2.24, 2.45) is 0 Å². The van der Waals surface area contributed by atoms with E-state index in [9.17, 15) is 14.4 Å². The zero-order valence-corrected chi connectivity index (χ0v) is 18.0. The highest BCUT2D eigenvalue weighted by atomic mass is 127. The van der Waals surface area contributed by atoms with Gasteiger partial charge in [-0.05, 0) is 59.0 Å². The Morgan fingerprint density at radius 1 is 1.10 bits per heavy atom. The summed E-state index contributed by atoms with van der Waals surface area (Å²) < 4.78 is 22.5. The fourth-order valence-corrected chi connectivity index (χ4v) is 4.00. The largest absolute Gasteiger partial charge is 0.485 e. The standard InChI is InChI=1S/C23H12FIN4O2/c24-18-4-1-3-14(17(18)10-26)15-9-16-19(12-31-20-5-2-8-27-22(16)20)29(23(15)30)13-6-7-21(25)28-11-13/h1-9,11H,12H2. The van der Waals surface area contributed by atoms with Crippen molar-refractivity contribution in [3.63, 3.8) is 0 Å². The molecule has 3 aromatic heterocycles. The van der Waals surface area contributed by atoms with E-state index < -0.39 is 11.4 Å². The van der Waals surface area contributed by atoms with Gasteiger partial charge in [0.25, 0.3) is 5.56 Å². The third-order valence-electron chi connectivity index (χ3n) is 5.08. The molecule has 0 fully saturated rings. The molecule has 0 saturated heterocycles. The van der Waals surface area contributed by atoms with Crippen LogP contribution < -0.4 is 10.3 Å². The van der Waals surface area contributed by atoms with E-state index in [0.29, 0.717) is 28.4 Å². The fourth-order valence-electron chi connectivity index (χ4n) is 3.68. The number of hydrogen-bond donors (Lipinski definition) is 0. The Balaban J connectivity index is 1.90. The van der Waals surface area contributed by atoms with Crippen LogP contribution in [0.25, 0.3) is 28.1 Å². The van der Waals surface area contributed by atoms with Crippen molar-refractivity contribution in [2.45, 2.75) is 6.61 Å². The summed E-state index contributed by atoms with van der Waals surface area (Å²) in [7, 11) is 0. The van der Waals surface area contributed by atoms with Gasteiger partial charge in [0.05, 0.1) is 23.1 Å². The second kappa shape index (κ2) is 7.59. The summed E-state index contributed by atoms with van der Waals surface area (Å²) in [6, 6.07) is 14.9. The fraction of sp³-hybridized carbons (Fsp3) is 0.0435. The maximum atomic E-state index is 14.3. The van der Waals surface area contributed by atoms with Crippen LogP contribution in [-0.2, 0) is 6.61 Å². The van der Waals surface area contributed by atoms with Gasteiger partial charge in [-0.1, -0.05) is 12.1 Å². The second-order valence-corrected chi connectivity index (χ2v) is 7.92. The highest BCUT2D eigenvalue weighted by Gasteiger charge is 2.26. The Morgan fingerprint density at radius 2 is 1.97 bits per heavy atom. The number of rotatable bonds is 2. The molecule has 0 N–H and O–H groups in total. The van der Waals surface area contributed by atoms with E-state index in [2.05, 4.69) is 32.6 Å². The molecule has 0 bridgehead atoms. The van der Waals surface area contributed by atoms with Gasteiger partial charge < -0.3 is 4.74 Å².